The van der Waals surface area contributed by atoms with E-state index >= 15 is 0 Å². The predicted octanol–water partition coefficient (Wildman–Crippen LogP) is 3.25. The second-order valence-corrected chi connectivity index (χ2v) is 11.6. The molecule has 2 atom stereocenters. The molecule has 0 spiro atoms. The van der Waals surface area contributed by atoms with Crippen molar-refractivity contribution in [2.24, 2.45) is 0 Å². The minimum atomic E-state index is -0.310. The van der Waals surface area contributed by atoms with Gasteiger partial charge in [-0.2, -0.15) is 5.10 Å². The van der Waals surface area contributed by atoms with E-state index in [-0.39, 0.29) is 24.8 Å². The largest absolute Gasteiger partial charge is 0.394 e. The van der Waals surface area contributed by atoms with E-state index in [0.717, 1.165) is 74.6 Å². The molecular weight excluding hydrogens is 546 g/mol. The van der Waals surface area contributed by atoms with E-state index in [4.69, 9.17) is 14.7 Å². The fourth-order valence-electron chi connectivity index (χ4n) is 6.17. The maximum Gasteiger partial charge on any atom is 0.323 e. The van der Waals surface area contributed by atoms with Gasteiger partial charge in [0.25, 0.3) is 0 Å². The molecule has 224 valence electrons. The van der Waals surface area contributed by atoms with Crippen LogP contribution in [0.3, 0.4) is 0 Å². The SMILES string of the molecule is CN1CCN(c2ccc(NC(=O)Nc3ccc(-c4nc(N5CC6CCC(C5)O6)c5cnn(CCO)c5n4)cc3)cc2)CC1. The Labute approximate surface area is 250 Å². The maximum atomic E-state index is 12.7. The summed E-state index contributed by atoms with van der Waals surface area (Å²) in [5.74, 6) is 1.40. The molecule has 4 aromatic rings. The summed E-state index contributed by atoms with van der Waals surface area (Å²) >= 11 is 0. The topological polar surface area (TPSA) is 124 Å². The summed E-state index contributed by atoms with van der Waals surface area (Å²) < 4.78 is 7.77. The number of rotatable bonds is 7. The van der Waals surface area contributed by atoms with Gasteiger partial charge < -0.3 is 35.2 Å². The maximum absolute atomic E-state index is 12.7. The zero-order chi connectivity index (χ0) is 29.3. The number of nitrogens with zero attached hydrogens (tertiary/aromatic N) is 7. The van der Waals surface area contributed by atoms with Gasteiger partial charge in [0.15, 0.2) is 11.5 Å². The number of hydrogen-bond acceptors (Lipinski definition) is 9. The van der Waals surface area contributed by atoms with Gasteiger partial charge in [0.1, 0.15) is 5.82 Å². The Morgan fingerprint density at radius 3 is 2.21 bits per heavy atom. The first-order valence-electron chi connectivity index (χ1n) is 15.0. The highest BCUT2D eigenvalue weighted by Gasteiger charge is 2.35. The Kier molecular flexibility index (Phi) is 7.56. The molecule has 7 rings (SSSR count). The van der Waals surface area contributed by atoms with E-state index in [9.17, 15) is 9.90 Å². The lowest BCUT2D eigenvalue weighted by Crippen LogP contribution is -2.44. The van der Waals surface area contributed by atoms with Crippen LogP contribution in [0.1, 0.15) is 12.8 Å². The molecule has 2 amide bonds. The van der Waals surface area contributed by atoms with Crippen molar-refractivity contribution in [3.63, 3.8) is 0 Å². The molecule has 2 unspecified atom stereocenters. The molecule has 0 aliphatic carbocycles. The van der Waals surface area contributed by atoms with Gasteiger partial charge in [-0.3, -0.25) is 0 Å². The highest BCUT2D eigenvalue weighted by Crippen LogP contribution is 2.34. The van der Waals surface area contributed by atoms with Crippen LogP contribution in [-0.2, 0) is 11.3 Å². The number of amides is 2. The number of morpholine rings is 1. The molecule has 3 fully saturated rings. The molecule has 43 heavy (non-hydrogen) atoms. The molecule has 2 aromatic heterocycles. The summed E-state index contributed by atoms with van der Waals surface area (Å²) in [6.45, 7) is 5.98. The van der Waals surface area contributed by atoms with Gasteiger partial charge in [0, 0.05) is 61.9 Å². The number of aliphatic hydroxyl groups is 1. The van der Waals surface area contributed by atoms with E-state index < -0.39 is 0 Å². The summed E-state index contributed by atoms with van der Waals surface area (Å²) in [6.07, 6.45) is 4.34. The minimum absolute atomic E-state index is 0.0318. The van der Waals surface area contributed by atoms with Crippen LogP contribution in [0.4, 0.5) is 27.7 Å². The molecule has 3 N–H and O–H groups in total. The van der Waals surface area contributed by atoms with Crippen molar-refractivity contribution in [1.82, 2.24) is 24.6 Å². The van der Waals surface area contributed by atoms with Crippen LogP contribution in [0.15, 0.2) is 54.7 Å². The lowest BCUT2D eigenvalue weighted by molar-refractivity contribution is 0.0303. The van der Waals surface area contributed by atoms with E-state index in [1.165, 1.54) is 5.69 Å². The fourth-order valence-corrected chi connectivity index (χ4v) is 6.17. The van der Waals surface area contributed by atoms with Crippen molar-refractivity contribution < 1.29 is 14.6 Å². The molecule has 2 aromatic carbocycles. The monoisotopic (exact) mass is 583 g/mol. The van der Waals surface area contributed by atoms with Gasteiger partial charge in [-0.05, 0) is 68.4 Å². The number of carbonyl (C=O) groups is 1. The van der Waals surface area contributed by atoms with Crippen LogP contribution >= 0.6 is 0 Å². The Hall–Kier alpha value is -4.26. The number of anilines is 4. The summed E-state index contributed by atoms with van der Waals surface area (Å²) in [5.41, 5.74) is 4.07. The van der Waals surface area contributed by atoms with Crippen molar-refractivity contribution in [1.29, 1.82) is 0 Å². The number of aliphatic hydroxyl groups excluding tert-OH is 1. The van der Waals surface area contributed by atoms with Gasteiger partial charge in [0.05, 0.1) is 36.9 Å². The number of piperazine rings is 1. The lowest BCUT2D eigenvalue weighted by atomic mass is 10.2. The predicted molar refractivity (Wildman–Crippen MR) is 167 cm³/mol. The fraction of sp³-hybridized carbons (Fsp3) is 0.419. The van der Waals surface area contributed by atoms with Gasteiger partial charge in [-0.25, -0.2) is 19.4 Å². The average Bonchev–Trinajstić information content (AvgIpc) is 3.59. The van der Waals surface area contributed by atoms with E-state index in [2.05, 4.69) is 49.6 Å². The summed E-state index contributed by atoms with van der Waals surface area (Å²) in [5, 5.41) is 20.8. The number of ether oxygens (including phenoxy) is 1. The molecule has 3 saturated heterocycles. The molecule has 0 saturated carbocycles. The van der Waals surface area contributed by atoms with Crippen LogP contribution in [-0.4, -0.2) is 101 Å². The number of aromatic nitrogens is 4. The summed E-state index contributed by atoms with van der Waals surface area (Å²) in [7, 11) is 2.14. The lowest BCUT2D eigenvalue weighted by Gasteiger charge is -2.34. The first-order valence-corrected chi connectivity index (χ1v) is 15.0. The zero-order valence-corrected chi connectivity index (χ0v) is 24.3. The van der Waals surface area contributed by atoms with Gasteiger partial charge >= 0.3 is 6.03 Å². The van der Waals surface area contributed by atoms with Gasteiger partial charge in [0.2, 0.25) is 0 Å². The Morgan fingerprint density at radius 1 is 0.907 bits per heavy atom. The number of nitrogens with one attached hydrogen (secondary N) is 2. The standard InChI is InChI=1S/C31H37N9O3/c1-37-12-14-38(15-13-37)24-8-6-23(7-9-24)34-31(42)33-22-4-2-21(3-5-22)28-35-29(39-19-25-10-11-26(20-39)43-25)27-18-32-40(16-17-41)30(27)36-28/h2-9,18,25-26,41H,10-17,19-20H2,1H3,(H2,33,34,42). The van der Waals surface area contributed by atoms with Crippen LogP contribution in [0.25, 0.3) is 22.4 Å². The third-order valence-corrected chi connectivity index (χ3v) is 8.53. The third-order valence-electron chi connectivity index (χ3n) is 8.53. The molecule has 2 bridgehead atoms. The molecule has 5 heterocycles. The van der Waals surface area contributed by atoms with Crippen molar-refractivity contribution in [3.05, 3.63) is 54.7 Å². The summed E-state index contributed by atoms with van der Waals surface area (Å²) in [4.78, 5) is 29.5. The van der Waals surface area contributed by atoms with Crippen LogP contribution < -0.4 is 20.4 Å². The Bertz CT molecular complexity index is 1570. The Balaban J connectivity index is 1.05. The number of benzene rings is 2. The molecule has 12 nitrogen and oxygen atoms in total. The summed E-state index contributed by atoms with van der Waals surface area (Å²) in [6, 6.07) is 15.2. The smallest absolute Gasteiger partial charge is 0.323 e. The number of urea groups is 1. The molecular formula is C31H37N9O3. The number of likely N-dealkylation sites (N-methyl/N-ethyl adjacent to an activating group) is 1. The highest BCUT2D eigenvalue weighted by atomic mass is 16.5. The molecule has 3 aliphatic rings. The minimum Gasteiger partial charge on any atom is -0.394 e. The van der Waals surface area contributed by atoms with Crippen molar-refractivity contribution in [2.45, 2.75) is 31.6 Å². The second kappa shape index (κ2) is 11.8. The Morgan fingerprint density at radius 2 is 1.56 bits per heavy atom. The van der Waals surface area contributed by atoms with Crippen LogP contribution in [0.2, 0.25) is 0 Å². The number of carbonyl (C=O) groups excluding carboxylic acids is 1. The third kappa shape index (κ3) is 5.85. The number of fused-ring (bicyclic) bond motifs is 3. The van der Waals surface area contributed by atoms with Crippen LogP contribution in [0, 0.1) is 0 Å². The van der Waals surface area contributed by atoms with Crippen molar-refractivity contribution in [3.8, 4) is 11.4 Å². The number of hydrogen-bond donors (Lipinski definition) is 3. The van der Waals surface area contributed by atoms with Crippen molar-refractivity contribution in [2.75, 3.05) is 73.4 Å². The second-order valence-electron chi connectivity index (χ2n) is 11.6. The highest BCUT2D eigenvalue weighted by molar-refractivity contribution is 6.00. The van der Waals surface area contributed by atoms with E-state index in [1.807, 2.05) is 36.4 Å². The molecule has 12 heteroatoms. The first-order chi connectivity index (χ1) is 21.0. The zero-order valence-electron chi connectivity index (χ0n) is 24.3. The molecule has 0 radical (unpaired) electrons. The van der Waals surface area contributed by atoms with Gasteiger partial charge in [-0.1, -0.05) is 0 Å². The first kappa shape index (κ1) is 27.6. The van der Waals surface area contributed by atoms with E-state index in [0.29, 0.717) is 23.7 Å². The molecule has 3 aliphatic heterocycles. The van der Waals surface area contributed by atoms with Crippen molar-refractivity contribution >= 4 is 39.9 Å². The quantitative estimate of drug-likeness (QED) is 0.301. The average molecular weight is 584 g/mol. The normalized spacial score (nSPS) is 20.5. The van der Waals surface area contributed by atoms with Crippen LogP contribution in [0.5, 0.6) is 0 Å². The van der Waals surface area contributed by atoms with Gasteiger partial charge in [-0.15, -0.1) is 0 Å². The van der Waals surface area contributed by atoms with E-state index in [1.54, 1.807) is 10.9 Å².